The van der Waals surface area contributed by atoms with E-state index in [9.17, 15) is 4.79 Å². The van der Waals surface area contributed by atoms with Crippen LogP contribution in [0.4, 0.5) is 11.5 Å². The number of benzene rings is 1. The number of pyridine rings is 1. The molecule has 6 heteroatoms. The molecular weight excluding hydrogens is 328 g/mol. The summed E-state index contributed by atoms with van der Waals surface area (Å²) in [5.41, 5.74) is 1.40. The van der Waals surface area contributed by atoms with E-state index in [0.29, 0.717) is 17.9 Å². The molecule has 2 N–H and O–H groups in total. The third-order valence-electron chi connectivity index (χ3n) is 3.60. The van der Waals surface area contributed by atoms with Crippen molar-refractivity contribution >= 4 is 17.4 Å². The summed E-state index contributed by atoms with van der Waals surface area (Å²) < 4.78 is 5.81. The van der Waals surface area contributed by atoms with Gasteiger partial charge in [-0.05, 0) is 65.2 Å². The number of carbonyl (C=O) groups is 1. The monoisotopic (exact) mass is 356 g/mol. The second kappa shape index (κ2) is 9.77. The summed E-state index contributed by atoms with van der Waals surface area (Å²) in [6, 6.07) is 11.1. The Kier molecular flexibility index (Phi) is 7.41. The van der Waals surface area contributed by atoms with Crippen LogP contribution in [-0.2, 0) is 0 Å². The number of hydrogen-bond acceptors (Lipinski definition) is 5. The molecule has 0 fully saturated rings. The van der Waals surface area contributed by atoms with Crippen LogP contribution in [0.25, 0.3) is 0 Å². The van der Waals surface area contributed by atoms with Crippen molar-refractivity contribution in [2.24, 2.45) is 0 Å². The van der Waals surface area contributed by atoms with Crippen LogP contribution in [0.15, 0.2) is 42.6 Å². The number of nitrogens with one attached hydrogen (secondary N) is 2. The topological polar surface area (TPSA) is 66.5 Å². The lowest BCUT2D eigenvalue weighted by Gasteiger charge is -2.15. The molecule has 0 saturated carbocycles. The predicted molar refractivity (Wildman–Crippen MR) is 105 cm³/mol. The number of amides is 1. The van der Waals surface area contributed by atoms with Crippen molar-refractivity contribution < 1.29 is 9.53 Å². The van der Waals surface area contributed by atoms with E-state index in [-0.39, 0.29) is 12.0 Å². The summed E-state index contributed by atoms with van der Waals surface area (Å²) in [6.45, 7) is 5.55. The first-order chi connectivity index (χ1) is 12.5. The standard InChI is InChI=1S/C20H28N4O2/c1-15(2)26-18-9-6-5-8-17(18)23-19-14-16(10-12-21-19)20(25)22-11-7-13-24(3)4/h5-6,8-10,12,14-15H,7,11,13H2,1-4H3,(H,21,23)(H,22,25). The van der Waals surface area contributed by atoms with Gasteiger partial charge in [0.05, 0.1) is 11.8 Å². The van der Waals surface area contributed by atoms with E-state index in [0.717, 1.165) is 24.4 Å². The highest BCUT2D eigenvalue weighted by molar-refractivity contribution is 5.94. The van der Waals surface area contributed by atoms with Crippen LogP contribution in [-0.4, -0.2) is 49.1 Å². The number of rotatable bonds is 9. The first kappa shape index (κ1) is 19.7. The normalized spacial score (nSPS) is 10.8. The molecule has 1 amide bonds. The van der Waals surface area contributed by atoms with Gasteiger partial charge >= 0.3 is 0 Å². The molecule has 1 aromatic carbocycles. The van der Waals surface area contributed by atoms with Crippen molar-refractivity contribution in [2.45, 2.75) is 26.4 Å². The molecule has 26 heavy (non-hydrogen) atoms. The zero-order valence-electron chi connectivity index (χ0n) is 16.0. The summed E-state index contributed by atoms with van der Waals surface area (Å²) >= 11 is 0. The van der Waals surface area contributed by atoms with Crippen molar-refractivity contribution in [2.75, 3.05) is 32.5 Å². The van der Waals surface area contributed by atoms with Gasteiger partial charge in [-0.15, -0.1) is 0 Å². The molecule has 0 radical (unpaired) electrons. The van der Waals surface area contributed by atoms with E-state index in [1.54, 1.807) is 18.3 Å². The van der Waals surface area contributed by atoms with Gasteiger partial charge in [-0.3, -0.25) is 4.79 Å². The van der Waals surface area contributed by atoms with Gasteiger partial charge in [-0.1, -0.05) is 12.1 Å². The Morgan fingerprint density at radius 3 is 2.73 bits per heavy atom. The van der Waals surface area contributed by atoms with Crippen LogP contribution in [0, 0.1) is 0 Å². The quantitative estimate of drug-likeness (QED) is 0.675. The Hall–Kier alpha value is -2.60. The Balaban J connectivity index is 2.02. The summed E-state index contributed by atoms with van der Waals surface area (Å²) in [5, 5.41) is 6.17. The summed E-state index contributed by atoms with van der Waals surface area (Å²) in [6.07, 6.45) is 2.61. The minimum absolute atomic E-state index is 0.0742. The van der Waals surface area contributed by atoms with Crippen LogP contribution in [0.1, 0.15) is 30.6 Å². The van der Waals surface area contributed by atoms with Gasteiger partial charge in [-0.2, -0.15) is 0 Å². The maximum atomic E-state index is 12.3. The maximum absolute atomic E-state index is 12.3. The largest absolute Gasteiger partial charge is 0.489 e. The lowest BCUT2D eigenvalue weighted by molar-refractivity contribution is 0.0952. The Morgan fingerprint density at radius 2 is 2.00 bits per heavy atom. The molecule has 1 aromatic heterocycles. The molecule has 0 aliphatic carbocycles. The van der Waals surface area contributed by atoms with Gasteiger partial charge in [0.1, 0.15) is 11.6 Å². The molecule has 0 unspecified atom stereocenters. The van der Waals surface area contributed by atoms with E-state index in [4.69, 9.17) is 4.74 Å². The minimum Gasteiger partial charge on any atom is -0.489 e. The number of ether oxygens (including phenoxy) is 1. The van der Waals surface area contributed by atoms with Crippen LogP contribution >= 0.6 is 0 Å². The van der Waals surface area contributed by atoms with Gasteiger partial charge in [0.25, 0.3) is 5.91 Å². The lowest BCUT2D eigenvalue weighted by atomic mass is 10.2. The molecule has 2 aromatic rings. The molecule has 0 saturated heterocycles. The highest BCUT2D eigenvalue weighted by Crippen LogP contribution is 2.27. The first-order valence-electron chi connectivity index (χ1n) is 8.87. The smallest absolute Gasteiger partial charge is 0.251 e. The fraction of sp³-hybridized carbons (Fsp3) is 0.400. The lowest BCUT2D eigenvalue weighted by Crippen LogP contribution is -2.27. The van der Waals surface area contributed by atoms with Gasteiger partial charge in [0.15, 0.2) is 0 Å². The Labute approximate surface area is 155 Å². The number of hydrogen-bond donors (Lipinski definition) is 2. The summed E-state index contributed by atoms with van der Waals surface area (Å²) in [4.78, 5) is 18.7. The molecule has 140 valence electrons. The van der Waals surface area contributed by atoms with Gasteiger partial charge in [0.2, 0.25) is 0 Å². The molecule has 2 rings (SSSR count). The zero-order valence-corrected chi connectivity index (χ0v) is 16.0. The fourth-order valence-electron chi connectivity index (χ4n) is 2.40. The number of aromatic nitrogens is 1. The van der Waals surface area contributed by atoms with Crippen molar-refractivity contribution in [3.05, 3.63) is 48.2 Å². The highest BCUT2D eigenvalue weighted by Gasteiger charge is 2.09. The van der Waals surface area contributed by atoms with E-state index in [1.807, 2.05) is 52.2 Å². The molecule has 0 atom stereocenters. The average molecular weight is 356 g/mol. The molecule has 0 aliphatic heterocycles. The van der Waals surface area contributed by atoms with E-state index in [1.165, 1.54) is 0 Å². The molecule has 0 aliphatic rings. The van der Waals surface area contributed by atoms with Gasteiger partial charge in [-0.25, -0.2) is 4.98 Å². The average Bonchev–Trinajstić information content (AvgIpc) is 2.60. The summed E-state index contributed by atoms with van der Waals surface area (Å²) in [5.74, 6) is 1.26. The van der Waals surface area contributed by atoms with Crippen LogP contribution in [0.3, 0.4) is 0 Å². The predicted octanol–water partition coefficient (Wildman–Crippen LogP) is 3.29. The fourth-order valence-corrected chi connectivity index (χ4v) is 2.40. The Morgan fingerprint density at radius 1 is 1.23 bits per heavy atom. The zero-order chi connectivity index (χ0) is 18.9. The second-order valence-corrected chi connectivity index (χ2v) is 6.63. The molecule has 0 spiro atoms. The molecular formula is C20H28N4O2. The molecule has 1 heterocycles. The maximum Gasteiger partial charge on any atom is 0.251 e. The van der Waals surface area contributed by atoms with Crippen molar-refractivity contribution in [1.29, 1.82) is 0 Å². The van der Waals surface area contributed by atoms with E-state index in [2.05, 4.69) is 20.5 Å². The van der Waals surface area contributed by atoms with Gasteiger partial charge in [0, 0.05) is 18.3 Å². The Bertz CT molecular complexity index is 716. The number of para-hydroxylation sites is 2. The summed E-state index contributed by atoms with van der Waals surface area (Å²) in [7, 11) is 4.03. The van der Waals surface area contributed by atoms with Gasteiger partial charge < -0.3 is 20.3 Å². The molecule has 0 bridgehead atoms. The third kappa shape index (κ3) is 6.37. The minimum atomic E-state index is -0.0964. The third-order valence-corrected chi connectivity index (χ3v) is 3.60. The van der Waals surface area contributed by atoms with Crippen LogP contribution in [0.2, 0.25) is 0 Å². The first-order valence-corrected chi connectivity index (χ1v) is 8.87. The second-order valence-electron chi connectivity index (χ2n) is 6.63. The molecule has 6 nitrogen and oxygen atoms in total. The van der Waals surface area contributed by atoms with E-state index >= 15 is 0 Å². The SMILES string of the molecule is CC(C)Oc1ccccc1Nc1cc(C(=O)NCCCN(C)C)ccn1. The number of carbonyl (C=O) groups excluding carboxylic acids is 1. The van der Waals surface area contributed by atoms with E-state index < -0.39 is 0 Å². The van der Waals surface area contributed by atoms with Crippen LogP contribution in [0.5, 0.6) is 5.75 Å². The number of nitrogens with zero attached hydrogens (tertiary/aromatic N) is 2. The van der Waals surface area contributed by atoms with Crippen LogP contribution < -0.4 is 15.4 Å². The van der Waals surface area contributed by atoms with Crippen molar-refractivity contribution in [3.63, 3.8) is 0 Å². The van der Waals surface area contributed by atoms with Crippen molar-refractivity contribution in [1.82, 2.24) is 15.2 Å². The highest BCUT2D eigenvalue weighted by atomic mass is 16.5. The number of anilines is 2. The van der Waals surface area contributed by atoms with Crippen molar-refractivity contribution in [3.8, 4) is 5.75 Å².